The molecular formula is C26H32N4O2S. The number of carbonyl (C=O) groups excluding carboxylic acids is 1. The number of para-hydroxylation sites is 1. The monoisotopic (exact) mass is 464 g/mol. The van der Waals surface area contributed by atoms with Gasteiger partial charge in [0.1, 0.15) is 12.4 Å². The average molecular weight is 465 g/mol. The predicted octanol–water partition coefficient (Wildman–Crippen LogP) is 5.77. The second kappa shape index (κ2) is 11.7. The largest absolute Gasteiger partial charge is 0.486 e. The quantitative estimate of drug-likeness (QED) is 0.288. The number of hydrogen-bond acceptors (Lipinski definition) is 5. The third kappa shape index (κ3) is 6.48. The molecule has 7 heteroatoms. The molecule has 0 bridgehead atoms. The van der Waals surface area contributed by atoms with Gasteiger partial charge in [-0.25, -0.2) is 0 Å². The van der Waals surface area contributed by atoms with Gasteiger partial charge in [0.2, 0.25) is 5.91 Å². The van der Waals surface area contributed by atoms with Gasteiger partial charge in [-0.3, -0.25) is 9.36 Å². The molecule has 0 saturated carbocycles. The molecule has 0 aliphatic rings. The van der Waals surface area contributed by atoms with E-state index < -0.39 is 0 Å². The molecule has 0 fully saturated rings. The molecule has 174 valence electrons. The maximum Gasteiger partial charge on any atom is 0.234 e. The Bertz CT molecular complexity index is 1090. The summed E-state index contributed by atoms with van der Waals surface area (Å²) in [5.41, 5.74) is 4.36. The summed E-state index contributed by atoms with van der Waals surface area (Å²) in [6.45, 7) is 13.1. The Morgan fingerprint density at radius 3 is 2.64 bits per heavy atom. The van der Waals surface area contributed by atoms with E-state index in [1.54, 1.807) is 6.08 Å². The van der Waals surface area contributed by atoms with Crippen molar-refractivity contribution in [3.8, 4) is 5.75 Å². The van der Waals surface area contributed by atoms with Gasteiger partial charge in [-0.1, -0.05) is 68.9 Å². The van der Waals surface area contributed by atoms with E-state index in [2.05, 4.69) is 55.0 Å². The molecule has 1 amide bonds. The standard InChI is InChI=1S/C26H32N4O2S/c1-6-15-30-23(16-32-22-13-11-21(12-14-22)18(3)4)28-29-26(30)33-17-24(31)27-25-19(5)9-8-10-20(25)7-2/h6,8-14,18H,1,7,15-17H2,2-5H3,(H,27,31). The Morgan fingerprint density at radius 1 is 1.21 bits per heavy atom. The lowest BCUT2D eigenvalue weighted by Gasteiger charge is -2.13. The van der Waals surface area contributed by atoms with Crippen LogP contribution in [-0.2, 0) is 24.4 Å². The van der Waals surface area contributed by atoms with Crippen molar-refractivity contribution in [3.63, 3.8) is 0 Å². The van der Waals surface area contributed by atoms with Crippen LogP contribution in [0.4, 0.5) is 5.69 Å². The van der Waals surface area contributed by atoms with Crippen LogP contribution < -0.4 is 10.1 Å². The second-order valence-corrected chi connectivity index (χ2v) is 9.05. The number of thioether (sulfide) groups is 1. The minimum Gasteiger partial charge on any atom is -0.486 e. The highest BCUT2D eigenvalue weighted by molar-refractivity contribution is 7.99. The molecule has 0 spiro atoms. The summed E-state index contributed by atoms with van der Waals surface area (Å²) < 4.78 is 7.85. The number of carbonyl (C=O) groups is 1. The van der Waals surface area contributed by atoms with Gasteiger partial charge in [0, 0.05) is 12.2 Å². The molecule has 6 nitrogen and oxygen atoms in total. The van der Waals surface area contributed by atoms with E-state index >= 15 is 0 Å². The molecule has 33 heavy (non-hydrogen) atoms. The molecule has 0 atom stereocenters. The number of nitrogens with one attached hydrogen (secondary N) is 1. The van der Waals surface area contributed by atoms with Crippen LogP contribution in [0.1, 0.15) is 49.2 Å². The number of aryl methyl sites for hydroxylation is 2. The van der Waals surface area contributed by atoms with E-state index in [0.717, 1.165) is 29.0 Å². The number of ether oxygens (including phenoxy) is 1. The lowest BCUT2D eigenvalue weighted by atomic mass is 10.0. The SMILES string of the molecule is C=CCn1c(COc2ccc(C(C)C)cc2)nnc1SCC(=O)Nc1c(C)cccc1CC. The van der Waals surface area contributed by atoms with Crippen LogP contribution in [-0.4, -0.2) is 26.4 Å². The minimum atomic E-state index is -0.0693. The Balaban J connectivity index is 1.63. The molecule has 3 aromatic rings. The van der Waals surface area contributed by atoms with Crippen LogP contribution in [0.2, 0.25) is 0 Å². The van der Waals surface area contributed by atoms with Crippen molar-refractivity contribution >= 4 is 23.4 Å². The minimum absolute atomic E-state index is 0.0693. The highest BCUT2D eigenvalue weighted by atomic mass is 32.2. The number of hydrogen-bond donors (Lipinski definition) is 1. The molecule has 0 aliphatic carbocycles. The molecule has 0 saturated heterocycles. The first kappa shape index (κ1) is 24.6. The van der Waals surface area contributed by atoms with Gasteiger partial charge in [0.25, 0.3) is 0 Å². The van der Waals surface area contributed by atoms with Crippen LogP contribution in [0.15, 0.2) is 60.3 Å². The van der Waals surface area contributed by atoms with Crippen molar-refractivity contribution in [2.45, 2.75) is 58.3 Å². The summed E-state index contributed by atoms with van der Waals surface area (Å²) in [4.78, 5) is 12.6. The van der Waals surface area contributed by atoms with Crippen molar-refractivity contribution in [3.05, 3.63) is 77.6 Å². The van der Waals surface area contributed by atoms with E-state index in [-0.39, 0.29) is 18.3 Å². The fourth-order valence-corrected chi connectivity index (χ4v) is 4.22. The van der Waals surface area contributed by atoms with Crippen molar-refractivity contribution in [1.29, 1.82) is 0 Å². The Kier molecular flexibility index (Phi) is 8.72. The summed E-state index contributed by atoms with van der Waals surface area (Å²) in [7, 11) is 0. The second-order valence-electron chi connectivity index (χ2n) is 8.11. The zero-order chi connectivity index (χ0) is 23.8. The van der Waals surface area contributed by atoms with Crippen molar-refractivity contribution in [2.75, 3.05) is 11.1 Å². The summed E-state index contributed by atoms with van der Waals surface area (Å²) in [6, 6.07) is 14.2. The van der Waals surface area contributed by atoms with E-state index in [4.69, 9.17) is 4.74 Å². The first-order chi connectivity index (χ1) is 15.9. The highest BCUT2D eigenvalue weighted by Gasteiger charge is 2.15. The molecule has 3 rings (SSSR count). The molecule has 1 N–H and O–H groups in total. The number of nitrogens with zero attached hydrogens (tertiary/aromatic N) is 3. The normalized spacial score (nSPS) is 10.9. The highest BCUT2D eigenvalue weighted by Crippen LogP contribution is 2.24. The van der Waals surface area contributed by atoms with Gasteiger partial charge < -0.3 is 10.1 Å². The zero-order valence-electron chi connectivity index (χ0n) is 19.8. The van der Waals surface area contributed by atoms with E-state index in [1.807, 2.05) is 41.8 Å². The predicted molar refractivity (Wildman–Crippen MR) is 135 cm³/mol. The molecule has 0 radical (unpaired) electrons. The van der Waals surface area contributed by atoms with E-state index in [9.17, 15) is 4.79 Å². The van der Waals surface area contributed by atoms with E-state index in [1.165, 1.54) is 17.3 Å². The summed E-state index contributed by atoms with van der Waals surface area (Å²) in [5.74, 6) is 2.12. The zero-order valence-corrected chi connectivity index (χ0v) is 20.6. The lowest BCUT2D eigenvalue weighted by Crippen LogP contribution is -2.17. The van der Waals surface area contributed by atoms with Gasteiger partial charge in [0.05, 0.1) is 5.75 Å². The molecule has 1 aromatic heterocycles. The Labute approximate surface area is 200 Å². The fourth-order valence-electron chi connectivity index (χ4n) is 3.45. The molecule has 1 heterocycles. The summed E-state index contributed by atoms with van der Waals surface area (Å²) in [6.07, 6.45) is 2.65. The fraction of sp³-hybridized carbons (Fsp3) is 0.346. The number of aromatic nitrogens is 3. The third-order valence-electron chi connectivity index (χ3n) is 5.36. The van der Waals surface area contributed by atoms with Gasteiger partial charge in [-0.2, -0.15) is 0 Å². The number of anilines is 1. The van der Waals surface area contributed by atoms with Gasteiger partial charge in [-0.05, 0) is 48.1 Å². The maximum atomic E-state index is 12.6. The smallest absolute Gasteiger partial charge is 0.234 e. The topological polar surface area (TPSA) is 69.0 Å². The van der Waals surface area contributed by atoms with Crippen LogP contribution in [0.5, 0.6) is 5.75 Å². The van der Waals surface area contributed by atoms with Crippen molar-refractivity contribution < 1.29 is 9.53 Å². The van der Waals surface area contributed by atoms with Crippen LogP contribution in [0.25, 0.3) is 0 Å². The van der Waals surface area contributed by atoms with Crippen LogP contribution >= 0.6 is 11.8 Å². The van der Waals surface area contributed by atoms with Gasteiger partial charge in [0.15, 0.2) is 11.0 Å². The molecular weight excluding hydrogens is 432 g/mol. The van der Waals surface area contributed by atoms with Crippen molar-refractivity contribution in [1.82, 2.24) is 14.8 Å². The van der Waals surface area contributed by atoms with Crippen molar-refractivity contribution in [2.24, 2.45) is 0 Å². The average Bonchev–Trinajstić information content (AvgIpc) is 3.19. The summed E-state index contributed by atoms with van der Waals surface area (Å²) in [5, 5.41) is 12.3. The number of amides is 1. The molecule has 2 aromatic carbocycles. The molecule has 0 aliphatic heterocycles. The first-order valence-corrected chi connectivity index (χ1v) is 12.2. The lowest BCUT2D eigenvalue weighted by molar-refractivity contribution is -0.113. The molecule has 0 unspecified atom stereocenters. The number of rotatable bonds is 11. The van der Waals surface area contributed by atoms with E-state index in [0.29, 0.717) is 23.4 Å². The van der Waals surface area contributed by atoms with Gasteiger partial charge >= 0.3 is 0 Å². The van der Waals surface area contributed by atoms with Crippen LogP contribution in [0.3, 0.4) is 0 Å². The first-order valence-electron chi connectivity index (χ1n) is 11.2. The maximum absolute atomic E-state index is 12.6. The third-order valence-corrected chi connectivity index (χ3v) is 6.32. The number of benzene rings is 2. The Hall–Kier alpha value is -3.06. The van der Waals surface area contributed by atoms with Crippen LogP contribution in [0, 0.1) is 6.92 Å². The Morgan fingerprint density at radius 2 is 1.97 bits per heavy atom. The van der Waals surface area contributed by atoms with Gasteiger partial charge in [-0.15, -0.1) is 16.8 Å². The number of allylic oxidation sites excluding steroid dienone is 1. The summed E-state index contributed by atoms with van der Waals surface area (Å²) >= 11 is 1.36.